The number of hydrogen-bond acceptors (Lipinski definition) is 6. The van der Waals surface area contributed by atoms with E-state index in [1.165, 1.54) is 31.0 Å². The Kier molecular flexibility index (Phi) is 7.52. The summed E-state index contributed by atoms with van der Waals surface area (Å²) in [5, 5.41) is 9.61. The number of furan rings is 1. The molecule has 0 aliphatic heterocycles. The molecule has 0 unspecified atom stereocenters. The summed E-state index contributed by atoms with van der Waals surface area (Å²) < 4.78 is 13.3. The normalized spacial score (nSPS) is 14.4. The maximum atomic E-state index is 12.8. The first-order valence-corrected chi connectivity index (χ1v) is 12.2. The Balaban J connectivity index is 1.41. The minimum Gasteiger partial charge on any atom is -0.494 e. The molecule has 8 heteroatoms. The molecule has 32 heavy (non-hydrogen) atoms. The van der Waals surface area contributed by atoms with Crippen LogP contribution in [-0.4, -0.2) is 45.0 Å². The molecule has 0 spiro atoms. The number of aromatic nitrogens is 3. The molecule has 2 aromatic heterocycles. The third kappa shape index (κ3) is 5.35. The molecule has 1 aromatic carbocycles. The summed E-state index contributed by atoms with van der Waals surface area (Å²) in [5.41, 5.74) is 1.07. The van der Waals surface area contributed by atoms with Crippen LogP contribution >= 0.6 is 11.8 Å². The number of hydrogen-bond donors (Lipinski definition) is 0. The van der Waals surface area contributed by atoms with Crippen LogP contribution in [-0.2, 0) is 11.3 Å². The SMILES string of the molecule is CCOc1ccc(CN(C)C(=O)CSc2nnc(-c3ccco3)n2C2CCCCC2)cc1. The fourth-order valence-corrected chi connectivity index (χ4v) is 5.02. The Bertz CT molecular complexity index is 995. The summed E-state index contributed by atoms with van der Waals surface area (Å²) in [6.07, 6.45) is 7.53. The van der Waals surface area contributed by atoms with E-state index in [1.807, 2.05) is 50.4 Å². The van der Waals surface area contributed by atoms with Gasteiger partial charge in [-0.3, -0.25) is 9.36 Å². The number of thioether (sulfide) groups is 1. The molecular weight excluding hydrogens is 424 g/mol. The van der Waals surface area contributed by atoms with Crippen molar-refractivity contribution in [3.63, 3.8) is 0 Å². The first-order valence-electron chi connectivity index (χ1n) is 11.2. The van der Waals surface area contributed by atoms with Crippen molar-refractivity contribution in [2.75, 3.05) is 19.4 Å². The molecule has 4 rings (SSSR count). The van der Waals surface area contributed by atoms with E-state index in [4.69, 9.17) is 9.15 Å². The number of benzene rings is 1. The van der Waals surface area contributed by atoms with Crippen LogP contribution in [0, 0.1) is 0 Å². The largest absolute Gasteiger partial charge is 0.494 e. The highest BCUT2D eigenvalue weighted by Gasteiger charge is 2.25. The summed E-state index contributed by atoms with van der Waals surface area (Å²) in [6, 6.07) is 12.0. The fraction of sp³-hybridized carbons (Fsp3) is 0.458. The highest BCUT2D eigenvalue weighted by atomic mass is 32.2. The van der Waals surface area contributed by atoms with Gasteiger partial charge in [0.2, 0.25) is 11.7 Å². The van der Waals surface area contributed by atoms with Crippen LogP contribution in [0.25, 0.3) is 11.6 Å². The van der Waals surface area contributed by atoms with E-state index in [0.717, 1.165) is 35.1 Å². The molecule has 7 nitrogen and oxygen atoms in total. The minimum atomic E-state index is 0.0571. The van der Waals surface area contributed by atoms with Crippen molar-refractivity contribution < 1.29 is 13.9 Å². The Hall–Kier alpha value is -2.74. The quantitative estimate of drug-likeness (QED) is 0.414. The minimum absolute atomic E-state index is 0.0571. The van der Waals surface area contributed by atoms with Crippen LogP contribution in [0.4, 0.5) is 0 Å². The molecule has 1 aliphatic carbocycles. The Morgan fingerprint density at radius 3 is 2.66 bits per heavy atom. The van der Waals surface area contributed by atoms with Gasteiger partial charge in [-0.2, -0.15) is 0 Å². The summed E-state index contributed by atoms with van der Waals surface area (Å²) in [7, 11) is 1.83. The van der Waals surface area contributed by atoms with Gasteiger partial charge in [0.15, 0.2) is 10.9 Å². The number of nitrogens with zero attached hydrogens (tertiary/aromatic N) is 4. The van der Waals surface area contributed by atoms with E-state index >= 15 is 0 Å². The molecule has 0 radical (unpaired) electrons. The van der Waals surface area contributed by atoms with Gasteiger partial charge in [-0.15, -0.1) is 10.2 Å². The van der Waals surface area contributed by atoms with E-state index in [2.05, 4.69) is 14.8 Å². The highest BCUT2D eigenvalue weighted by Crippen LogP contribution is 2.35. The van der Waals surface area contributed by atoms with Gasteiger partial charge in [0.25, 0.3) is 0 Å². The third-order valence-corrected chi connectivity index (χ3v) is 6.68. The average molecular weight is 455 g/mol. The summed E-state index contributed by atoms with van der Waals surface area (Å²) in [5.74, 6) is 2.68. The summed E-state index contributed by atoms with van der Waals surface area (Å²) >= 11 is 1.45. The third-order valence-electron chi connectivity index (χ3n) is 5.75. The van der Waals surface area contributed by atoms with Gasteiger partial charge in [0.05, 0.1) is 18.6 Å². The molecule has 1 fully saturated rings. The standard InChI is InChI=1S/C24H30N4O3S/c1-3-30-20-13-11-18(12-14-20)16-27(2)22(29)17-32-24-26-25-23(21-10-7-15-31-21)28(24)19-8-5-4-6-9-19/h7,10-15,19H,3-6,8-9,16-17H2,1-2H3. The second-order valence-electron chi connectivity index (χ2n) is 8.06. The Morgan fingerprint density at radius 2 is 1.97 bits per heavy atom. The topological polar surface area (TPSA) is 73.4 Å². The van der Waals surface area contributed by atoms with Crippen molar-refractivity contribution in [2.45, 2.75) is 56.8 Å². The number of amides is 1. The molecule has 0 N–H and O–H groups in total. The molecule has 3 aromatic rings. The summed E-state index contributed by atoms with van der Waals surface area (Å²) in [4.78, 5) is 14.6. The molecule has 0 saturated heterocycles. The molecular formula is C24H30N4O3S. The lowest BCUT2D eigenvalue weighted by Gasteiger charge is -2.25. The number of rotatable bonds is 9. The summed E-state index contributed by atoms with van der Waals surface area (Å²) in [6.45, 7) is 3.16. The van der Waals surface area contributed by atoms with Gasteiger partial charge >= 0.3 is 0 Å². The zero-order valence-corrected chi connectivity index (χ0v) is 19.5. The molecule has 170 valence electrons. The van der Waals surface area contributed by atoms with Crippen LogP contribution in [0.1, 0.15) is 50.6 Å². The molecule has 0 bridgehead atoms. The van der Waals surface area contributed by atoms with Crippen molar-refractivity contribution >= 4 is 17.7 Å². The van der Waals surface area contributed by atoms with Crippen molar-refractivity contribution in [3.05, 3.63) is 48.2 Å². The van der Waals surface area contributed by atoms with Crippen molar-refractivity contribution in [3.8, 4) is 17.3 Å². The predicted octanol–water partition coefficient (Wildman–Crippen LogP) is 5.19. The Labute approximate surface area is 193 Å². The van der Waals surface area contributed by atoms with E-state index in [1.54, 1.807) is 11.2 Å². The van der Waals surface area contributed by atoms with Crippen LogP contribution in [0.15, 0.2) is 52.2 Å². The van der Waals surface area contributed by atoms with Crippen molar-refractivity contribution in [1.82, 2.24) is 19.7 Å². The molecule has 2 heterocycles. The van der Waals surface area contributed by atoms with Crippen LogP contribution in [0.3, 0.4) is 0 Å². The van der Waals surface area contributed by atoms with Gasteiger partial charge in [0, 0.05) is 19.6 Å². The maximum Gasteiger partial charge on any atom is 0.233 e. The zero-order valence-electron chi connectivity index (χ0n) is 18.7. The monoisotopic (exact) mass is 454 g/mol. The number of ether oxygens (including phenoxy) is 1. The van der Waals surface area contributed by atoms with Gasteiger partial charge in [-0.1, -0.05) is 43.2 Å². The van der Waals surface area contributed by atoms with Crippen LogP contribution in [0.5, 0.6) is 5.75 Å². The lowest BCUT2D eigenvalue weighted by atomic mass is 9.95. The van der Waals surface area contributed by atoms with Gasteiger partial charge < -0.3 is 14.1 Å². The lowest BCUT2D eigenvalue weighted by Crippen LogP contribution is -2.28. The van der Waals surface area contributed by atoms with E-state index in [-0.39, 0.29) is 5.91 Å². The van der Waals surface area contributed by atoms with Crippen LogP contribution in [0.2, 0.25) is 0 Å². The Morgan fingerprint density at radius 1 is 1.19 bits per heavy atom. The van der Waals surface area contributed by atoms with Crippen molar-refractivity contribution in [1.29, 1.82) is 0 Å². The van der Waals surface area contributed by atoms with Gasteiger partial charge in [-0.25, -0.2) is 0 Å². The van der Waals surface area contributed by atoms with E-state index in [9.17, 15) is 4.79 Å². The first kappa shape index (κ1) is 22.5. The number of carbonyl (C=O) groups excluding carboxylic acids is 1. The molecule has 1 aliphatic rings. The molecule has 0 atom stereocenters. The highest BCUT2D eigenvalue weighted by molar-refractivity contribution is 7.99. The fourth-order valence-electron chi connectivity index (χ4n) is 4.07. The molecule has 1 amide bonds. The first-order chi connectivity index (χ1) is 15.7. The lowest BCUT2D eigenvalue weighted by molar-refractivity contribution is -0.127. The van der Waals surface area contributed by atoms with Crippen LogP contribution < -0.4 is 4.74 Å². The second-order valence-corrected chi connectivity index (χ2v) is 9.00. The van der Waals surface area contributed by atoms with Crippen molar-refractivity contribution in [2.24, 2.45) is 0 Å². The number of carbonyl (C=O) groups is 1. The molecule has 1 saturated carbocycles. The predicted molar refractivity (Wildman–Crippen MR) is 125 cm³/mol. The maximum absolute atomic E-state index is 12.8. The average Bonchev–Trinajstić information content (AvgIpc) is 3.49. The second kappa shape index (κ2) is 10.7. The van der Waals surface area contributed by atoms with E-state index in [0.29, 0.717) is 30.7 Å². The van der Waals surface area contributed by atoms with E-state index < -0.39 is 0 Å². The zero-order chi connectivity index (χ0) is 22.3. The van der Waals surface area contributed by atoms with Gasteiger partial charge in [0.1, 0.15) is 5.75 Å². The van der Waals surface area contributed by atoms with Gasteiger partial charge in [-0.05, 0) is 49.6 Å². The smallest absolute Gasteiger partial charge is 0.233 e.